The maximum absolute atomic E-state index is 12.7. The van der Waals surface area contributed by atoms with Crippen LogP contribution >= 0.6 is 0 Å². The number of phenols is 1. The van der Waals surface area contributed by atoms with Gasteiger partial charge in [-0.05, 0) is 60.7 Å². The highest BCUT2D eigenvalue weighted by Gasteiger charge is 2.31. The second kappa shape index (κ2) is 10.5. The Kier molecular flexibility index (Phi) is 7.08. The third kappa shape index (κ3) is 6.11. The van der Waals surface area contributed by atoms with E-state index in [9.17, 15) is 31.4 Å². The van der Waals surface area contributed by atoms with Crippen LogP contribution in [0, 0.1) is 0 Å². The molecule has 0 atom stereocenters. The van der Waals surface area contributed by atoms with E-state index >= 15 is 0 Å². The van der Waals surface area contributed by atoms with Crippen LogP contribution in [0.5, 0.6) is 11.5 Å². The van der Waals surface area contributed by atoms with Crippen LogP contribution in [-0.4, -0.2) is 22.2 Å². The van der Waals surface area contributed by atoms with Crippen LogP contribution in [0.25, 0.3) is 45.1 Å². The van der Waals surface area contributed by atoms with Crippen molar-refractivity contribution in [3.63, 3.8) is 0 Å². The van der Waals surface area contributed by atoms with Gasteiger partial charge in [0.15, 0.2) is 11.2 Å². The fourth-order valence-corrected chi connectivity index (χ4v) is 3.85. The normalized spacial score (nSPS) is 11.9. The minimum absolute atomic E-state index is 0.0152. The molecule has 210 valence electrons. The van der Waals surface area contributed by atoms with Crippen molar-refractivity contribution in [2.45, 2.75) is 12.4 Å². The first-order chi connectivity index (χ1) is 19.4. The van der Waals surface area contributed by atoms with Gasteiger partial charge in [-0.2, -0.15) is 26.3 Å². The van der Waals surface area contributed by atoms with Crippen molar-refractivity contribution in [2.75, 3.05) is 7.11 Å². The maximum Gasteiger partial charge on any atom is 0.416 e. The second-order valence-corrected chi connectivity index (χ2v) is 8.68. The average molecular weight is 572 g/mol. The number of aromatic hydroxyl groups is 1. The van der Waals surface area contributed by atoms with Gasteiger partial charge in [0.25, 0.3) is 0 Å². The van der Waals surface area contributed by atoms with E-state index in [-0.39, 0.29) is 28.7 Å². The third-order valence-electron chi connectivity index (χ3n) is 5.84. The van der Waals surface area contributed by atoms with Crippen molar-refractivity contribution >= 4 is 22.2 Å². The van der Waals surface area contributed by atoms with Crippen LogP contribution < -0.4 is 4.74 Å². The number of methoxy groups -OCH3 is 1. The molecule has 0 radical (unpaired) electrons. The van der Waals surface area contributed by atoms with Crippen LogP contribution in [0.4, 0.5) is 26.3 Å². The molecule has 41 heavy (non-hydrogen) atoms. The molecule has 0 aliphatic rings. The van der Waals surface area contributed by atoms with Crippen LogP contribution in [-0.2, 0) is 12.4 Å². The van der Waals surface area contributed by atoms with E-state index in [0.29, 0.717) is 27.9 Å². The van der Waals surface area contributed by atoms with Crippen LogP contribution in [0.15, 0.2) is 93.8 Å². The molecule has 0 saturated heterocycles. The molecule has 0 saturated carbocycles. The second-order valence-electron chi connectivity index (χ2n) is 8.68. The van der Waals surface area contributed by atoms with Gasteiger partial charge in [-0.25, -0.2) is 9.97 Å². The Morgan fingerprint density at radius 1 is 0.634 bits per heavy atom. The van der Waals surface area contributed by atoms with E-state index in [1.54, 1.807) is 18.2 Å². The van der Waals surface area contributed by atoms with E-state index in [0.717, 1.165) is 24.3 Å². The molecule has 0 aliphatic heterocycles. The van der Waals surface area contributed by atoms with Gasteiger partial charge in [-0.3, -0.25) is 0 Å². The summed E-state index contributed by atoms with van der Waals surface area (Å²) in [5, 5.41) is 9.33. The first-order valence-corrected chi connectivity index (χ1v) is 11.8. The number of oxazole rings is 2. The zero-order valence-corrected chi connectivity index (χ0v) is 20.9. The van der Waals surface area contributed by atoms with Gasteiger partial charge in [0, 0.05) is 23.3 Å². The zero-order valence-electron chi connectivity index (χ0n) is 20.9. The number of nitrogens with zero attached hydrogens (tertiary/aromatic N) is 2. The minimum Gasteiger partial charge on any atom is -0.508 e. The Morgan fingerprint density at radius 3 is 1.61 bits per heavy atom. The number of alkyl halides is 6. The molecule has 0 aliphatic carbocycles. The fraction of sp³-hybridized carbons (Fsp3) is 0.103. The van der Waals surface area contributed by atoms with Crippen LogP contribution in [0.3, 0.4) is 0 Å². The standard InChI is InChI=1S/C15H10F3NO2.C14H8F3NO2/c1-20-11-5-6-13-12(8-11)19-14(21-13)9-3-2-4-10(7-9)15(16,17)18;15-14(16,17)9-3-1-2-8(6-9)13-18-11-7-10(19)4-5-12(11)20-13/h2-8H,1H3;1-7,19H. The number of benzene rings is 4. The summed E-state index contributed by atoms with van der Waals surface area (Å²) in [4.78, 5) is 8.27. The molecule has 1 N–H and O–H groups in total. The predicted molar refractivity (Wildman–Crippen MR) is 137 cm³/mol. The van der Waals surface area contributed by atoms with E-state index in [1.165, 1.54) is 49.6 Å². The molecular weight excluding hydrogens is 554 g/mol. The largest absolute Gasteiger partial charge is 0.508 e. The summed E-state index contributed by atoms with van der Waals surface area (Å²) in [6.07, 6.45) is -8.81. The van der Waals surface area contributed by atoms with Crippen LogP contribution in [0.2, 0.25) is 0 Å². The number of rotatable bonds is 3. The van der Waals surface area contributed by atoms with Crippen molar-refractivity contribution in [1.82, 2.24) is 9.97 Å². The number of hydrogen-bond acceptors (Lipinski definition) is 6. The molecular formula is C29H18F6N2O4. The molecule has 0 fully saturated rings. The summed E-state index contributed by atoms with van der Waals surface area (Å²) in [5.41, 5.74) is 0.813. The molecule has 2 heterocycles. The smallest absolute Gasteiger partial charge is 0.416 e. The van der Waals surface area contributed by atoms with Crippen molar-refractivity contribution in [3.8, 4) is 34.4 Å². The lowest BCUT2D eigenvalue weighted by atomic mass is 10.1. The summed E-state index contributed by atoms with van der Waals surface area (Å²) in [6, 6.07) is 19.0. The van der Waals surface area contributed by atoms with Crippen molar-refractivity contribution in [2.24, 2.45) is 0 Å². The van der Waals surface area contributed by atoms with Crippen molar-refractivity contribution in [3.05, 3.63) is 96.1 Å². The molecule has 0 bridgehead atoms. The van der Waals surface area contributed by atoms with Gasteiger partial charge in [0.1, 0.15) is 22.5 Å². The molecule has 12 heteroatoms. The van der Waals surface area contributed by atoms with E-state index in [1.807, 2.05) is 0 Å². The number of halogens is 6. The van der Waals surface area contributed by atoms with Gasteiger partial charge in [-0.15, -0.1) is 0 Å². The Morgan fingerprint density at radius 2 is 1.12 bits per heavy atom. The fourth-order valence-electron chi connectivity index (χ4n) is 3.85. The number of ether oxygens (including phenoxy) is 1. The van der Waals surface area contributed by atoms with E-state index in [4.69, 9.17) is 13.6 Å². The Balaban J connectivity index is 0.000000165. The SMILES string of the molecule is COc1ccc2oc(-c3cccc(C(F)(F)F)c3)nc2c1.Oc1ccc2oc(-c3cccc(C(F)(F)F)c3)nc2c1. The molecule has 6 rings (SSSR count). The van der Waals surface area contributed by atoms with E-state index in [2.05, 4.69) is 9.97 Å². The van der Waals surface area contributed by atoms with Gasteiger partial charge in [-0.1, -0.05) is 12.1 Å². The Labute approximate surface area is 227 Å². The van der Waals surface area contributed by atoms with E-state index < -0.39 is 23.5 Å². The minimum atomic E-state index is -4.42. The first-order valence-electron chi connectivity index (χ1n) is 11.8. The highest BCUT2D eigenvalue weighted by atomic mass is 19.4. The third-order valence-corrected chi connectivity index (χ3v) is 5.84. The molecule has 4 aromatic carbocycles. The topological polar surface area (TPSA) is 81.5 Å². The number of phenolic OH excluding ortho intramolecular Hbond substituents is 1. The maximum atomic E-state index is 12.7. The summed E-state index contributed by atoms with van der Waals surface area (Å²) >= 11 is 0. The van der Waals surface area contributed by atoms with Gasteiger partial charge in [0.2, 0.25) is 11.8 Å². The van der Waals surface area contributed by atoms with Crippen LogP contribution in [0.1, 0.15) is 11.1 Å². The molecule has 6 nitrogen and oxygen atoms in total. The lowest BCUT2D eigenvalue weighted by molar-refractivity contribution is -0.138. The molecule has 0 amide bonds. The number of aromatic nitrogens is 2. The summed E-state index contributed by atoms with van der Waals surface area (Å²) in [6.45, 7) is 0. The Hall–Kier alpha value is -5.00. The number of fused-ring (bicyclic) bond motifs is 2. The zero-order chi connectivity index (χ0) is 29.4. The highest BCUT2D eigenvalue weighted by Crippen LogP contribution is 2.34. The van der Waals surface area contributed by atoms with Gasteiger partial charge < -0.3 is 18.7 Å². The quantitative estimate of drug-likeness (QED) is 0.214. The summed E-state index contributed by atoms with van der Waals surface area (Å²) in [5.74, 6) is 0.842. The number of hydrogen-bond donors (Lipinski definition) is 1. The molecule has 0 unspecified atom stereocenters. The molecule has 0 spiro atoms. The summed E-state index contributed by atoms with van der Waals surface area (Å²) < 4.78 is 92.1. The van der Waals surface area contributed by atoms with Crippen molar-refractivity contribution in [1.29, 1.82) is 0 Å². The molecule has 6 aromatic rings. The summed E-state index contributed by atoms with van der Waals surface area (Å²) in [7, 11) is 1.52. The first kappa shape index (κ1) is 27.6. The Bertz CT molecular complexity index is 1840. The van der Waals surface area contributed by atoms with Gasteiger partial charge in [0.05, 0.1) is 18.2 Å². The highest BCUT2D eigenvalue weighted by molar-refractivity contribution is 5.78. The lowest BCUT2D eigenvalue weighted by Crippen LogP contribution is -2.04. The monoisotopic (exact) mass is 572 g/mol. The average Bonchev–Trinajstić information content (AvgIpc) is 3.56. The predicted octanol–water partition coefficient (Wildman–Crippen LogP) is 8.74. The molecule has 2 aromatic heterocycles. The lowest BCUT2D eigenvalue weighted by Gasteiger charge is -2.06. The van der Waals surface area contributed by atoms with Gasteiger partial charge >= 0.3 is 12.4 Å². The van der Waals surface area contributed by atoms with Crippen molar-refractivity contribution < 1.29 is 45.0 Å².